The third-order valence-electron chi connectivity index (χ3n) is 3.80. The number of hydrogen-bond acceptors (Lipinski definition) is 5. The van der Waals surface area contributed by atoms with E-state index in [0.717, 1.165) is 24.5 Å². The lowest BCUT2D eigenvalue weighted by molar-refractivity contribution is 0.00119. The number of imidazole rings is 1. The third kappa shape index (κ3) is 2.01. The van der Waals surface area contributed by atoms with Crippen LogP contribution in [0.4, 0.5) is 0 Å². The van der Waals surface area contributed by atoms with Gasteiger partial charge in [-0.25, -0.2) is 4.98 Å². The van der Waals surface area contributed by atoms with Gasteiger partial charge in [0.25, 0.3) is 0 Å². The molecule has 2 aliphatic rings. The highest BCUT2D eigenvalue weighted by atomic mass is 16.5. The first-order valence-electron chi connectivity index (χ1n) is 6.66. The summed E-state index contributed by atoms with van der Waals surface area (Å²) in [5.41, 5.74) is 0.184. The second-order valence-corrected chi connectivity index (χ2v) is 4.92. The first-order chi connectivity index (χ1) is 9.76. The predicted octanol–water partition coefficient (Wildman–Crippen LogP) is 0.783. The molecule has 20 heavy (non-hydrogen) atoms. The Kier molecular flexibility index (Phi) is 3.30. The van der Waals surface area contributed by atoms with Crippen molar-refractivity contribution in [2.75, 3.05) is 26.3 Å². The van der Waals surface area contributed by atoms with Gasteiger partial charge in [0, 0.05) is 25.5 Å². The number of ether oxygens (including phenoxy) is 1. The summed E-state index contributed by atoms with van der Waals surface area (Å²) < 4.78 is 7.26. The van der Waals surface area contributed by atoms with Crippen LogP contribution in [-0.2, 0) is 4.74 Å². The van der Waals surface area contributed by atoms with Gasteiger partial charge in [-0.2, -0.15) is 5.26 Å². The molecule has 0 aromatic carbocycles. The van der Waals surface area contributed by atoms with E-state index in [1.807, 2.05) is 29.8 Å². The Labute approximate surface area is 118 Å². The van der Waals surface area contributed by atoms with Crippen molar-refractivity contribution in [3.05, 3.63) is 36.4 Å². The summed E-state index contributed by atoms with van der Waals surface area (Å²) in [7, 11) is 0. The van der Waals surface area contributed by atoms with Crippen LogP contribution >= 0.6 is 0 Å². The maximum absolute atomic E-state index is 9.79. The van der Waals surface area contributed by atoms with E-state index in [1.165, 1.54) is 0 Å². The van der Waals surface area contributed by atoms with Crippen molar-refractivity contribution in [3.8, 4) is 6.07 Å². The first-order valence-corrected chi connectivity index (χ1v) is 6.66. The second-order valence-electron chi connectivity index (χ2n) is 4.92. The summed E-state index contributed by atoms with van der Waals surface area (Å²) >= 11 is 0. The van der Waals surface area contributed by atoms with Gasteiger partial charge in [-0.05, 0) is 18.6 Å². The van der Waals surface area contributed by atoms with Crippen molar-refractivity contribution in [1.82, 2.24) is 19.8 Å². The van der Waals surface area contributed by atoms with Crippen LogP contribution in [0.15, 0.2) is 36.4 Å². The van der Waals surface area contributed by atoms with Crippen molar-refractivity contribution < 1.29 is 4.74 Å². The topological polar surface area (TPSA) is 66.1 Å². The maximum Gasteiger partial charge on any atom is 0.204 e. The van der Waals surface area contributed by atoms with E-state index in [2.05, 4.69) is 21.3 Å². The Hall–Kier alpha value is -2.10. The van der Waals surface area contributed by atoms with Crippen molar-refractivity contribution >= 4 is 5.82 Å². The molecule has 0 aliphatic carbocycles. The summed E-state index contributed by atoms with van der Waals surface area (Å²) in [6, 6.07) is 2.45. The second kappa shape index (κ2) is 5.12. The average Bonchev–Trinajstić information content (AvgIpc) is 3.03. The molecule has 1 fully saturated rings. The van der Waals surface area contributed by atoms with Crippen molar-refractivity contribution in [1.29, 1.82) is 5.26 Å². The van der Waals surface area contributed by atoms with Crippen molar-refractivity contribution in [3.63, 3.8) is 0 Å². The zero-order chi connectivity index (χ0) is 14.0. The number of allylic oxidation sites excluding steroid dienone is 2. The quantitative estimate of drug-likeness (QED) is 0.861. The molecule has 1 unspecified atom stereocenters. The minimum atomic E-state index is -0.807. The van der Waals surface area contributed by atoms with Crippen molar-refractivity contribution in [2.45, 2.75) is 12.6 Å². The summed E-state index contributed by atoms with van der Waals surface area (Å²) in [6.45, 7) is 4.77. The average molecular weight is 271 g/mol. The van der Waals surface area contributed by atoms with E-state index in [4.69, 9.17) is 4.74 Å². The number of hydrogen-bond donors (Lipinski definition) is 1. The summed E-state index contributed by atoms with van der Waals surface area (Å²) in [4.78, 5) is 6.18. The molecule has 1 aromatic heterocycles. The van der Waals surface area contributed by atoms with Gasteiger partial charge in [0.05, 0.1) is 13.2 Å². The van der Waals surface area contributed by atoms with Crippen LogP contribution in [0.25, 0.3) is 5.82 Å². The van der Waals surface area contributed by atoms with Crippen molar-refractivity contribution in [2.24, 2.45) is 0 Å². The monoisotopic (exact) mass is 271 g/mol. The number of rotatable bonds is 2. The largest absolute Gasteiger partial charge is 0.379 e. The summed E-state index contributed by atoms with van der Waals surface area (Å²) in [6.07, 6.45) is 9.25. The lowest BCUT2D eigenvalue weighted by Gasteiger charge is -2.44. The Balaban J connectivity index is 1.94. The molecular weight excluding hydrogens is 254 g/mol. The van der Waals surface area contributed by atoms with Gasteiger partial charge in [0.2, 0.25) is 5.66 Å². The number of nitrogens with one attached hydrogen (secondary N) is 1. The van der Waals surface area contributed by atoms with Gasteiger partial charge in [0.1, 0.15) is 18.2 Å². The van der Waals surface area contributed by atoms with Gasteiger partial charge in [-0.1, -0.05) is 6.08 Å². The highest BCUT2D eigenvalue weighted by Gasteiger charge is 2.41. The van der Waals surface area contributed by atoms with Crippen LogP contribution in [0, 0.1) is 11.3 Å². The molecule has 1 N–H and O–H groups in total. The molecule has 0 bridgehead atoms. The van der Waals surface area contributed by atoms with Crippen LogP contribution in [-0.4, -0.2) is 46.4 Å². The van der Waals surface area contributed by atoms with E-state index in [-0.39, 0.29) is 0 Å². The molecule has 1 aromatic rings. The molecule has 104 valence electrons. The number of nitrogens with zero attached hydrogens (tertiary/aromatic N) is 4. The minimum Gasteiger partial charge on any atom is -0.379 e. The Morgan fingerprint density at radius 1 is 1.40 bits per heavy atom. The Morgan fingerprint density at radius 2 is 2.20 bits per heavy atom. The van der Waals surface area contributed by atoms with Gasteiger partial charge >= 0.3 is 0 Å². The fourth-order valence-electron chi connectivity index (χ4n) is 2.62. The fraction of sp³-hybridized carbons (Fsp3) is 0.429. The van der Waals surface area contributed by atoms with E-state index in [9.17, 15) is 5.26 Å². The molecule has 0 amide bonds. The molecule has 0 radical (unpaired) electrons. The molecule has 6 heteroatoms. The minimum absolute atomic E-state index is 0.655. The molecule has 3 rings (SSSR count). The molecule has 1 saturated heterocycles. The fourth-order valence-corrected chi connectivity index (χ4v) is 2.62. The molecular formula is C14H17N5O. The van der Waals surface area contributed by atoms with Crippen LogP contribution < -0.4 is 5.32 Å². The number of nitriles is 1. The summed E-state index contributed by atoms with van der Waals surface area (Å²) in [5, 5.41) is 13.2. The SMILES string of the molecule is CC1=CC=C(n2ccnc2)NC1(C#N)N1CCOCC1. The smallest absolute Gasteiger partial charge is 0.204 e. The van der Waals surface area contributed by atoms with Gasteiger partial charge < -0.3 is 10.1 Å². The molecule has 0 spiro atoms. The molecule has 3 heterocycles. The van der Waals surface area contributed by atoms with Crippen LogP contribution in [0.1, 0.15) is 6.92 Å². The number of aromatic nitrogens is 2. The van der Waals surface area contributed by atoms with Crippen LogP contribution in [0.3, 0.4) is 0 Å². The Morgan fingerprint density at radius 3 is 2.85 bits per heavy atom. The molecule has 6 nitrogen and oxygen atoms in total. The van der Waals surface area contributed by atoms with Gasteiger partial charge in [-0.15, -0.1) is 0 Å². The Bertz CT molecular complexity index is 577. The number of morpholine rings is 1. The zero-order valence-corrected chi connectivity index (χ0v) is 11.4. The van der Waals surface area contributed by atoms with Gasteiger partial charge in [0.15, 0.2) is 0 Å². The predicted molar refractivity (Wildman–Crippen MR) is 74.1 cm³/mol. The number of dihydropyridines is 1. The standard InChI is InChI=1S/C14H17N5O/c1-12-2-3-13(18-5-4-16-11-18)17-14(12,10-15)19-6-8-20-9-7-19/h2-5,11,17H,6-9H2,1H3. The van der Waals surface area contributed by atoms with Gasteiger partial charge in [-0.3, -0.25) is 9.47 Å². The van der Waals surface area contributed by atoms with E-state index in [0.29, 0.717) is 13.2 Å². The van der Waals surface area contributed by atoms with Crippen LogP contribution in [0.5, 0.6) is 0 Å². The summed E-state index contributed by atoms with van der Waals surface area (Å²) in [5.74, 6) is 0.848. The molecule has 0 saturated carbocycles. The van der Waals surface area contributed by atoms with E-state index >= 15 is 0 Å². The van der Waals surface area contributed by atoms with E-state index < -0.39 is 5.66 Å². The maximum atomic E-state index is 9.79. The highest BCUT2D eigenvalue weighted by Crippen LogP contribution is 2.28. The molecule has 2 aliphatic heterocycles. The van der Waals surface area contributed by atoms with E-state index in [1.54, 1.807) is 12.5 Å². The lowest BCUT2D eigenvalue weighted by atomic mass is 9.96. The normalized spacial score (nSPS) is 27.2. The highest BCUT2D eigenvalue weighted by molar-refractivity contribution is 5.55. The third-order valence-corrected chi connectivity index (χ3v) is 3.80. The lowest BCUT2D eigenvalue weighted by Crippen LogP contribution is -2.62. The van der Waals surface area contributed by atoms with Crippen LogP contribution in [0.2, 0.25) is 0 Å². The first kappa shape index (κ1) is 12.9. The zero-order valence-electron chi connectivity index (χ0n) is 11.4. The molecule has 1 atom stereocenters.